The van der Waals surface area contributed by atoms with Gasteiger partial charge in [-0.25, -0.2) is 0 Å². The lowest BCUT2D eigenvalue weighted by molar-refractivity contribution is -0.115. The summed E-state index contributed by atoms with van der Waals surface area (Å²) in [6.07, 6.45) is 4.39. The molecule has 2 heterocycles. The summed E-state index contributed by atoms with van der Waals surface area (Å²) in [6, 6.07) is 15.4. The van der Waals surface area contributed by atoms with Crippen molar-refractivity contribution in [2.24, 2.45) is 4.99 Å². The van der Waals surface area contributed by atoms with Gasteiger partial charge in [-0.1, -0.05) is 29.8 Å². The second kappa shape index (κ2) is 7.76. The lowest BCUT2D eigenvalue weighted by atomic mass is 10.0. The van der Waals surface area contributed by atoms with Gasteiger partial charge in [0.05, 0.1) is 5.52 Å². The zero-order valence-corrected chi connectivity index (χ0v) is 15.4. The summed E-state index contributed by atoms with van der Waals surface area (Å²) in [7, 11) is 0. The summed E-state index contributed by atoms with van der Waals surface area (Å²) in [5.74, 6) is -0.303. The minimum Gasteiger partial charge on any atom is -0.384 e. The van der Waals surface area contributed by atoms with Gasteiger partial charge in [0.1, 0.15) is 5.92 Å². The van der Waals surface area contributed by atoms with E-state index in [9.17, 15) is 4.79 Å². The van der Waals surface area contributed by atoms with Crippen LogP contribution in [0.4, 0.5) is 11.4 Å². The van der Waals surface area contributed by atoms with E-state index in [-0.39, 0.29) is 11.8 Å². The first-order valence-corrected chi connectivity index (χ1v) is 9.28. The number of aromatic nitrogens is 1. The molecule has 6 heteroatoms. The number of hydrogen-bond acceptors (Lipinski definition) is 4. The average Bonchev–Trinajstić information content (AvgIpc) is 2.99. The minimum absolute atomic E-state index is 0.0139. The number of nitrogens with zero attached hydrogens (tertiary/aromatic N) is 2. The van der Waals surface area contributed by atoms with Crippen LogP contribution in [0.5, 0.6) is 0 Å². The standard InChI is InChI=1S/C21H19ClN4O/c22-14-6-7-16-18(8-11-25-20(16)12-14)24-10-3-9-23-13-17-15-4-1-2-5-19(15)26-21(17)27/h1-2,4-8,11-13,17H,3,9-10H2,(H,24,25)(H,26,27). The molecule has 0 fully saturated rings. The van der Waals surface area contributed by atoms with Crippen LogP contribution in [0.1, 0.15) is 17.9 Å². The van der Waals surface area contributed by atoms with Crippen molar-refractivity contribution in [1.29, 1.82) is 0 Å². The number of para-hydroxylation sites is 1. The Bertz CT molecular complexity index is 1020. The van der Waals surface area contributed by atoms with Gasteiger partial charge in [0.2, 0.25) is 5.91 Å². The summed E-state index contributed by atoms with van der Waals surface area (Å²) in [4.78, 5) is 20.9. The number of fused-ring (bicyclic) bond motifs is 2. The molecule has 1 amide bonds. The number of hydrogen-bond donors (Lipinski definition) is 2. The first-order valence-electron chi connectivity index (χ1n) is 8.90. The molecule has 3 aromatic rings. The van der Waals surface area contributed by atoms with E-state index >= 15 is 0 Å². The number of amides is 1. The normalized spacial score (nSPS) is 15.9. The summed E-state index contributed by atoms with van der Waals surface area (Å²) in [5, 5.41) is 8.03. The molecule has 136 valence electrons. The third-order valence-electron chi connectivity index (χ3n) is 4.57. The van der Waals surface area contributed by atoms with Crippen molar-refractivity contribution >= 4 is 46.0 Å². The molecule has 0 radical (unpaired) electrons. The third kappa shape index (κ3) is 3.78. The molecule has 1 aliphatic rings. The van der Waals surface area contributed by atoms with Gasteiger partial charge in [0, 0.05) is 47.3 Å². The van der Waals surface area contributed by atoms with Crippen LogP contribution < -0.4 is 10.6 Å². The molecule has 1 unspecified atom stereocenters. The maximum atomic E-state index is 12.1. The molecule has 4 rings (SSSR count). The monoisotopic (exact) mass is 378 g/mol. The summed E-state index contributed by atoms with van der Waals surface area (Å²) in [6.45, 7) is 1.44. The predicted octanol–water partition coefficient (Wildman–Crippen LogP) is 4.50. The summed E-state index contributed by atoms with van der Waals surface area (Å²) < 4.78 is 0. The molecular formula is C21H19ClN4O. The van der Waals surface area contributed by atoms with Crippen LogP contribution in [0, 0.1) is 0 Å². The number of nitrogens with one attached hydrogen (secondary N) is 2. The predicted molar refractivity (Wildman–Crippen MR) is 111 cm³/mol. The van der Waals surface area contributed by atoms with Gasteiger partial charge in [-0.3, -0.25) is 14.8 Å². The molecule has 0 saturated heterocycles. The molecule has 1 atom stereocenters. The number of anilines is 2. The van der Waals surface area contributed by atoms with Gasteiger partial charge in [-0.2, -0.15) is 0 Å². The van der Waals surface area contributed by atoms with E-state index in [0.717, 1.165) is 40.8 Å². The summed E-state index contributed by atoms with van der Waals surface area (Å²) >= 11 is 6.02. The summed E-state index contributed by atoms with van der Waals surface area (Å²) in [5.41, 5.74) is 3.78. The van der Waals surface area contributed by atoms with E-state index < -0.39 is 0 Å². The topological polar surface area (TPSA) is 66.4 Å². The van der Waals surface area contributed by atoms with Crippen molar-refractivity contribution < 1.29 is 4.79 Å². The van der Waals surface area contributed by atoms with Crippen molar-refractivity contribution in [3.05, 3.63) is 65.3 Å². The van der Waals surface area contributed by atoms with E-state index in [1.807, 2.05) is 48.5 Å². The number of carbonyl (C=O) groups is 1. The molecule has 0 bridgehead atoms. The van der Waals surface area contributed by atoms with Crippen LogP contribution in [0.3, 0.4) is 0 Å². The molecule has 2 aromatic carbocycles. The van der Waals surface area contributed by atoms with E-state index in [1.165, 1.54) is 0 Å². The van der Waals surface area contributed by atoms with Crippen molar-refractivity contribution in [3.8, 4) is 0 Å². The zero-order chi connectivity index (χ0) is 18.6. The number of rotatable bonds is 6. The first-order chi connectivity index (χ1) is 13.2. The van der Waals surface area contributed by atoms with Crippen LogP contribution >= 0.6 is 11.6 Å². The molecule has 0 aliphatic carbocycles. The highest BCUT2D eigenvalue weighted by molar-refractivity contribution is 6.31. The Balaban J connectivity index is 1.31. The minimum atomic E-state index is -0.289. The van der Waals surface area contributed by atoms with Crippen LogP contribution in [0.25, 0.3) is 10.9 Å². The fourth-order valence-corrected chi connectivity index (χ4v) is 3.40. The van der Waals surface area contributed by atoms with Crippen molar-refractivity contribution in [1.82, 2.24) is 4.98 Å². The van der Waals surface area contributed by atoms with E-state index in [0.29, 0.717) is 11.6 Å². The largest absolute Gasteiger partial charge is 0.384 e. The van der Waals surface area contributed by atoms with Gasteiger partial charge in [0.25, 0.3) is 0 Å². The van der Waals surface area contributed by atoms with E-state index in [2.05, 4.69) is 20.6 Å². The molecule has 2 N–H and O–H groups in total. The van der Waals surface area contributed by atoms with Crippen LogP contribution in [0.15, 0.2) is 59.7 Å². The number of benzene rings is 2. The van der Waals surface area contributed by atoms with Crippen molar-refractivity contribution in [2.45, 2.75) is 12.3 Å². The second-order valence-corrected chi connectivity index (χ2v) is 6.85. The Labute approximate surface area is 162 Å². The third-order valence-corrected chi connectivity index (χ3v) is 4.81. The van der Waals surface area contributed by atoms with Crippen molar-refractivity contribution in [3.63, 3.8) is 0 Å². The van der Waals surface area contributed by atoms with Gasteiger partial charge >= 0.3 is 0 Å². The Morgan fingerprint density at radius 1 is 1.22 bits per heavy atom. The fourth-order valence-electron chi connectivity index (χ4n) is 3.23. The molecular weight excluding hydrogens is 360 g/mol. The fraction of sp³-hybridized carbons (Fsp3) is 0.190. The average molecular weight is 379 g/mol. The Hall–Kier alpha value is -2.92. The molecule has 0 spiro atoms. The zero-order valence-electron chi connectivity index (χ0n) is 14.7. The highest BCUT2D eigenvalue weighted by Gasteiger charge is 2.28. The maximum absolute atomic E-state index is 12.1. The maximum Gasteiger partial charge on any atom is 0.237 e. The van der Waals surface area contributed by atoms with Gasteiger partial charge in [-0.15, -0.1) is 0 Å². The molecule has 5 nitrogen and oxygen atoms in total. The molecule has 1 aliphatic heterocycles. The van der Waals surface area contributed by atoms with Crippen LogP contribution in [0.2, 0.25) is 5.02 Å². The van der Waals surface area contributed by atoms with E-state index in [4.69, 9.17) is 11.6 Å². The van der Waals surface area contributed by atoms with Crippen LogP contribution in [-0.2, 0) is 4.79 Å². The van der Waals surface area contributed by atoms with Gasteiger partial charge in [0.15, 0.2) is 0 Å². The Morgan fingerprint density at radius 2 is 2.11 bits per heavy atom. The van der Waals surface area contributed by atoms with Crippen molar-refractivity contribution in [2.75, 3.05) is 23.7 Å². The van der Waals surface area contributed by atoms with Crippen LogP contribution in [-0.4, -0.2) is 30.2 Å². The molecule has 27 heavy (non-hydrogen) atoms. The number of pyridine rings is 1. The second-order valence-electron chi connectivity index (χ2n) is 6.41. The molecule has 0 saturated carbocycles. The highest BCUT2D eigenvalue weighted by Crippen LogP contribution is 2.30. The lowest BCUT2D eigenvalue weighted by Crippen LogP contribution is -2.13. The van der Waals surface area contributed by atoms with E-state index in [1.54, 1.807) is 12.4 Å². The quantitative estimate of drug-likeness (QED) is 0.490. The molecule has 1 aromatic heterocycles. The smallest absolute Gasteiger partial charge is 0.237 e. The van der Waals surface area contributed by atoms with Gasteiger partial charge < -0.3 is 10.6 Å². The number of carbonyl (C=O) groups excluding carboxylic acids is 1. The first kappa shape index (κ1) is 17.5. The highest BCUT2D eigenvalue weighted by atomic mass is 35.5. The SMILES string of the molecule is O=C1Nc2ccccc2C1C=NCCCNc1ccnc2cc(Cl)ccc12. The Kier molecular flexibility index (Phi) is 5.03. The lowest BCUT2D eigenvalue weighted by Gasteiger charge is -2.09. The van der Waals surface area contributed by atoms with Gasteiger partial charge in [-0.05, 0) is 42.3 Å². The number of halogens is 1. The Morgan fingerprint density at radius 3 is 3.04 bits per heavy atom. The number of aliphatic imine (C=N–C) groups is 1.